The van der Waals surface area contributed by atoms with Crippen molar-refractivity contribution in [1.29, 1.82) is 0 Å². The molecular formula is C21H21N3O3S. The van der Waals surface area contributed by atoms with E-state index in [-0.39, 0.29) is 10.7 Å². The van der Waals surface area contributed by atoms with Gasteiger partial charge in [-0.25, -0.2) is 0 Å². The van der Waals surface area contributed by atoms with Gasteiger partial charge in [0.1, 0.15) is 11.3 Å². The highest BCUT2D eigenvalue weighted by Crippen LogP contribution is 2.28. The average Bonchev–Trinajstić information content (AvgIpc) is 3.32. The molecule has 0 spiro atoms. The quantitative estimate of drug-likeness (QED) is 0.491. The second-order valence-corrected chi connectivity index (χ2v) is 7.50. The topological polar surface area (TPSA) is 65.8 Å². The predicted molar refractivity (Wildman–Crippen MR) is 112 cm³/mol. The number of carbonyl (C=O) groups is 2. The number of carbonyl (C=O) groups excluding carboxylic acids is 2. The van der Waals surface area contributed by atoms with Crippen LogP contribution < -0.4 is 15.1 Å². The van der Waals surface area contributed by atoms with E-state index in [0.717, 1.165) is 42.9 Å². The number of aryl methyl sites for hydroxylation is 2. The Bertz CT molecular complexity index is 1000. The lowest BCUT2D eigenvalue weighted by Crippen LogP contribution is -2.54. The summed E-state index contributed by atoms with van der Waals surface area (Å²) in [5.74, 6) is 0.251. The highest BCUT2D eigenvalue weighted by atomic mass is 32.1. The first kappa shape index (κ1) is 18.4. The van der Waals surface area contributed by atoms with Gasteiger partial charge in [0, 0.05) is 19.2 Å². The fraction of sp³-hybridized carbons (Fsp3) is 0.286. The van der Waals surface area contributed by atoms with E-state index in [1.54, 1.807) is 6.07 Å². The molecule has 4 rings (SSSR count). The first-order valence-corrected chi connectivity index (χ1v) is 9.68. The van der Waals surface area contributed by atoms with E-state index < -0.39 is 11.8 Å². The van der Waals surface area contributed by atoms with Crippen molar-refractivity contribution in [3.8, 4) is 0 Å². The Morgan fingerprint density at radius 2 is 1.86 bits per heavy atom. The number of hydrogen-bond acceptors (Lipinski definition) is 5. The Hall–Kier alpha value is -2.93. The van der Waals surface area contributed by atoms with Gasteiger partial charge >= 0.3 is 0 Å². The Morgan fingerprint density at radius 3 is 2.61 bits per heavy atom. The van der Waals surface area contributed by atoms with Crippen molar-refractivity contribution < 1.29 is 14.0 Å². The lowest BCUT2D eigenvalue weighted by Gasteiger charge is -2.30. The van der Waals surface area contributed by atoms with E-state index in [1.165, 1.54) is 11.0 Å². The number of amides is 2. The average molecular weight is 395 g/mol. The van der Waals surface area contributed by atoms with Crippen LogP contribution in [0.1, 0.15) is 29.7 Å². The number of anilines is 2. The van der Waals surface area contributed by atoms with Gasteiger partial charge in [-0.15, -0.1) is 0 Å². The van der Waals surface area contributed by atoms with Crippen LogP contribution in [0.3, 0.4) is 0 Å². The molecule has 2 aliphatic rings. The monoisotopic (exact) mass is 395 g/mol. The maximum absolute atomic E-state index is 13.1. The standard InChI is InChI=1S/C21H21N3O3S/c1-13-5-6-14(2)17(11-13)24-20(26)16(19(25)22-21(24)28)12-15-7-8-18(27-15)23-9-3-4-10-23/h5-8,11-12H,3-4,9-10H2,1-2H3,(H,22,25,28)/b16-12+. The van der Waals surface area contributed by atoms with E-state index in [1.807, 2.05) is 38.1 Å². The second-order valence-electron chi connectivity index (χ2n) is 7.12. The van der Waals surface area contributed by atoms with Crippen LogP contribution in [0.4, 0.5) is 11.6 Å². The van der Waals surface area contributed by atoms with E-state index in [4.69, 9.17) is 16.6 Å². The summed E-state index contributed by atoms with van der Waals surface area (Å²) in [6.07, 6.45) is 3.76. The van der Waals surface area contributed by atoms with Gasteiger partial charge in [0.05, 0.1) is 5.69 Å². The molecule has 0 atom stereocenters. The molecule has 3 heterocycles. The minimum Gasteiger partial charge on any atom is -0.441 e. The summed E-state index contributed by atoms with van der Waals surface area (Å²) in [7, 11) is 0. The third kappa shape index (κ3) is 3.33. The molecule has 7 heteroatoms. The van der Waals surface area contributed by atoms with Crippen LogP contribution in [0.2, 0.25) is 0 Å². The summed E-state index contributed by atoms with van der Waals surface area (Å²) >= 11 is 5.28. The van der Waals surface area contributed by atoms with Gasteiger partial charge in [-0.05, 0) is 68.2 Å². The van der Waals surface area contributed by atoms with Gasteiger partial charge < -0.3 is 9.32 Å². The molecule has 2 amide bonds. The number of benzene rings is 1. The van der Waals surface area contributed by atoms with Crippen molar-refractivity contribution >= 4 is 46.8 Å². The van der Waals surface area contributed by atoms with Gasteiger partial charge in [0.25, 0.3) is 11.8 Å². The van der Waals surface area contributed by atoms with Crippen molar-refractivity contribution in [2.24, 2.45) is 0 Å². The lowest BCUT2D eigenvalue weighted by atomic mass is 10.1. The molecule has 1 N–H and O–H groups in total. The fourth-order valence-electron chi connectivity index (χ4n) is 3.51. The van der Waals surface area contributed by atoms with E-state index in [0.29, 0.717) is 11.4 Å². The summed E-state index contributed by atoms with van der Waals surface area (Å²) < 4.78 is 5.84. The Morgan fingerprint density at radius 1 is 1.11 bits per heavy atom. The summed E-state index contributed by atoms with van der Waals surface area (Å²) in [6.45, 7) is 5.76. The molecule has 1 aromatic heterocycles. The molecule has 0 radical (unpaired) electrons. The molecular weight excluding hydrogens is 374 g/mol. The summed E-state index contributed by atoms with van der Waals surface area (Å²) in [5.41, 5.74) is 2.56. The minimum absolute atomic E-state index is 0.00294. The number of thiocarbonyl (C=S) groups is 1. The molecule has 2 aliphatic heterocycles. The zero-order valence-electron chi connectivity index (χ0n) is 15.8. The summed E-state index contributed by atoms with van der Waals surface area (Å²) in [5, 5.41) is 2.70. The van der Waals surface area contributed by atoms with Crippen LogP contribution in [0.15, 0.2) is 40.3 Å². The maximum atomic E-state index is 13.1. The zero-order chi connectivity index (χ0) is 19.8. The minimum atomic E-state index is -0.518. The SMILES string of the molecule is Cc1ccc(C)c(N2C(=O)/C(=C/c3ccc(N4CCCC4)o3)C(=O)NC2=S)c1. The van der Waals surface area contributed by atoms with Crippen LogP contribution >= 0.6 is 12.2 Å². The number of furan rings is 1. The number of rotatable bonds is 3. The van der Waals surface area contributed by atoms with Crippen molar-refractivity contribution in [2.75, 3.05) is 22.9 Å². The van der Waals surface area contributed by atoms with E-state index in [2.05, 4.69) is 10.2 Å². The number of hydrogen-bond donors (Lipinski definition) is 1. The first-order valence-electron chi connectivity index (χ1n) is 9.27. The lowest BCUT2D eigenvalue weighted by molar-refractivity contribution is -0.122. The van der Waals surface area contributed by atoms with Crippen molar-refractivity contribution in [2.45, 2.75) is 26.7 Å². The fourth-order valence-corrected chi connectivity index (χ4v) is 3.78. The molecule has 28 heavy (non-hydrogen) atoms. The summed E-state index contributed by atoms with van der Waals surface area (Å²) in [4.78, 5) is 29.1. The van der Waals surface area contributed by atoms with Gasteiger partial charge in [-0.3, -0.25) is 19.8 Å². The van der Waals surface area contributed by atoms with Crippen LogP contribution in [-0.4, -0.2) is 30.0 Å². The highest BCUT2D eigenvalue weighted by Gasteiger charge is 2.35. The molecule has 2 fully saturated rings. The number of nitrogens with zero attached hydrogens (tertiary/aromatic N) is 2. The zero-order valence-corrected chi connectivity index (χ0v) is 16.6. The van der Waals surface area contributed by atoms with E-state index >= 15 is 0 Å². The molecule has 0 aliphatic carbocycles. The maximum Gasteiger partial charge on any atom is 0.270 e. The Balaban J connectivity index is 1.68. The van der Waals surface area contributed by atoms with Crippen LogP contribution in [0.5, 0.6) is 0 Å². The van der Waals surface area contributed by atoms with Crippen LogP contribution in [0.25, 0.3) is 6.08 Å². The van der Waals surface area contributed by atoms with Crippen LogP contribution in [-0.2, 0) is 9.59 Å². The van der Waals surface area contributed by atoms with Gasteiger partial charge in [-0.2, -0.15) is 0 Å². The molecule has 0 bridgehead atoms. The van der Waals surface area contributed by atoms with Gasteiger partial charge in [-0.1, -0.05) is 12.1 Å². The normalized spacial score (nSPS) is 18.9. The largest absolute Gasteiger partial charge is 0.441 e. The van der Waals surface area contributed by atoms with Crippen molar-refractivity contribution in [1.82, 2.24) is 5.32 Å². The predicted octanol–water partition coefficient (Wildman–Crippen LogP) is 3.33. The highest BCUT2D eigenvalue weighted by molar-refractivity contribution is 7.80. The molecule has 2 saturated heterocycles. The van der Waals surface area contributed by atoms with E-state index in [9.17, 15) is 9.59 Å². The van der Waals surface area contributed by atoms with Crippen molar-refractivity contribution in [3.63, 3.8) is 0 Å². The van der Waals surface area contributed by atoms with Crippen LogP contribution in [0, 0.1) is 13.8 Å². The molecule has 6 nitrogen and oxygen atoms in total. The smallest absolute Gasteiger partial charge is 0.270 e. The third-order valence-corrected chi connectivity index (χ3v) is 5.31. The Kier molecular flexibility index (Phi) is 4.77. The third-order valence-electron chi connectivity index (χ3n) is 5.02. The molecule has 0 unspecified atom stereocenters. The molecule has 1 aromatic carbocycles. The Labute approximate surface area is 168 Å². The second kappa shape index (κ2) is 7.24. The number of nitrogens with one attached hydrogen (secondary N) is 1. The van der Waals surface area contributed by atoms with Crippen molar-refractivity contribution in [3.05, 3.63) is 52.8 Å². The molecule has 0 saturated carbocycles. The molecule has 2 aromatic rings. The van der Waals surface area contributed by atoms with Gasteiger partial charge in [0.15, 0.2) is 11.0 Å². The summed E-state index contributed by atoms with van der Waals surface area (Å²) in [6, 6.07) is 9.42. The molecule has 144 valence electrons. The first-order chi connectivity index (χ1) is 13.4. The van der Waals surface area contributed by atoms with Gasteiger partial charge in [0.2, 0.25) is 0 Å².